The highest BCUT2D eigenvalue weighted by Gasteiger charge is 2.41. The minimum atomic E-state index is -4.44. The Morgan fingerprint density at radius 2 is 1.93 bits per heavy atom. The number of fused-ring (bicyclic) bond motifs is 1. The van der Waals surface area contributed by atoms with Crippen molar-refractivity contribution in [3.8, 4) is 0 Å². The molecular formula is C29H33F3N4O3S. The number of halogens is 3. The van der Waals surface area contributed by atoms with E-state index in [0.29, 0.717) is 61.1 Å². The third-order valence-corrected chi connectivity index (χ3v) is 9.59. The van der Waals surface area contributed by atoms with Gasteiger partial charge in [0.1, 0.15) is 0 Å². The fourth-order valence-corrected chi connectivity index (χ4v) is 6.91. The molecule has 2 fully saturated rings. The van der Waals surface area contributed by atoms with Gasteiger partial charge in [-0.3, -0.25) is 9.59 Å². The Balaban J connectivity index is 1.36. The van der Waals surface area contributed by atoms with Crippen molar-refractivity contribution in [3.63, 3.8) is 0 Å². The van der Waals surface area contributed by atoms with Crippen LogP contribution >= 0.6 is 11.3 Å². The third-order valence-electron chi connectivity index (χ3n) is 8.35. The Labute approximate surface area is 235 Å². The van der Waals surface area contributed by atoms with Crippen LogP contribution < -0.4 is 5.32 Å². The molecule has 0 radical (unpaired) electrons. The molecule has 0 spiro atoms. The SMILES string of the molecule is Cc1c([C@@H](C)Nc2nnc(C)c3sc(C(=O)C4(C)CCN(C(=O)C5CCOC5)CC4)cc23)cccc1C(F)(F)F. The maximum Gasteiger partial charge on any atom is 0.416 e. The average Bonchev–Trinajstić information content (AvgIpc) is 3.61. The van der Waals surface area contributed by atoms with Crippen LogP contribution in [0.1, 0.15) is 71.2 Å². The number of nitrogens with one attached hydrogen (secondary N) is 1. The Kier molecular flexibility index (Phi) is 7.64. The molecule has 0 bridgehead atoms. The van der Waals surface area contributed by atoms with Crippen molar-refractivity contribution < 1.29 is 27.5 Å². The van der Waals surface area contributed by atoms with Crippen molar-refractivity contribution >= 4 is 38.9 Å². The summed E-state index contributed by atoms with van der Waals surface area (Å²) in [4.78, 5) is 29.0. The van der Waals surface area contributed by atoms with E-state index >= 15 is 0 Å². The molecule has 2 aromatic heterocycles. The first kappa shape index (κ1) is 28.5. The lowest BCUT2D eigenvalue weighted by atomic mass is 9.76. The van der Waals surface area contributed by atoms with Crippen LogP contribution in [0, 0.1) is 25.2 Å². The summed E-state index contributed by atoms with van der Waals surface area (Å²) in [5.41, 5.74) is 0.0754. The second-order valence-electron chi connectivity index (χ2n) is 11.1. The van der Waals surface area contributed by atoms with Crippen LogP contribution in [-0.4, -0.2) is 53.1 Å². The molecule has 1 aromatic carbocycles. The van der Waals surface area contributed by atoms with Gasteiger partial charge in [0, 0.05) is 30.5 Å². The molecule has 7 nitrogen and oxygen atoms in total. The molecule has 2 saturated heterocycles. The Morgan fingerprint density at radius 1 is 1.20 bits per heavy atom. The van der Waals surface area contributed by atoms with Crippen molar-refractivity contribution in [2.75, 3.05) is 31.6 Å². The number of carbonyl (C=O) groups is 2. The van der Waals surface area contributed by atoms with Crippen LogP contribution in [0.25, 0.3) is 10.1 Å². The summed E-state index contributed by atoms with van der Waals surface area (Å²) in [6.45, 7) is 9.18. The van der Waals surface area contributed by atoms with E-state index in [9.17, 15) is 22.8 Å². The molecule has 2 aliphatic rings. The summed E-state index contributed by atoms with van der Waals surface area (Å²) < 4.78 is 46.6. The number of thiophene rings is 1. The molecule has 3 aromatic rings. The van der Waals surface area contributed by atoms with Gasteiger partial charge >= 0.3 is 6.18 Å². The second kappa shape index (κ2) is 10.7. The van der Waals surface area contributed by atoms with Gasteiger partial charge in [-0.05, 0) is 63.3 Å². The Hall–Kier alpha value is -3.05. The first-order valence-electron chi connectivity index (χ1n) is 13.5. The fourth-order valence-electron chi connectivity index (χ4n) is 5.72. The van der Waals surface area contributed by atoms with E-state index < -0.39 is 23.2 Å². The number of Topliss-reactive ketones (excluding diaryl/α,β-unsaturated/α-hetero) is 1. The number of aryl methyl sites for hydroxylation is 1. The number of hydrogen-bond donors (Lipinski definition) is 1. The normalized spacial score (nSPS) is 20.1. The fraction of sp³-hybridized carbons (Fsp3) is 0.517. The molecule has 214 valence electrons. The monoisotopic (exact) mass is 574 g/mol. The number of piperidine rings is 1. The largest absolute Gasteiger partial charge is 0.416 e. The average molecular weight is 575 g/mol. The number of aromatic nitrogens is 2. The number of carbonyl (C=O) groups excluding carboxylic acids is 2. The van der Waals surface area contributed by atoms with E-state index in [0.717, 1.165) is 22.6 Å². The topological polar surface area (TPSA) is 84.4 Å². The van der Waals surface area contributed by atoms with Crippen molar-refractivity contribution in [1.29, 1.82) is 0 Å². The number of nitrogens with zero attached hydrogens (tertiary/aromatic N) is 3. The van der Waals surface area contributed by atoms with Crippen LogP contribution in [0.3, 0.4) is 0 Å². The number of benzene rings is 1. The zero-order chi connectivity index (χ0) is 28.8. The molecule has 1 unspecified atom stereocenters. The smallest absolute Gasteiger partial charge is 0.381 e. The van der Waals surface area contributed by atoms with Crippen LogP contribution in [0.5, 0.6) is 0 Å². The number of amides is 1. The van der Waals surface area contributed by atoms with Gasteiger partial charge in [-0.15, -0.1) is 16.4 Å². The van der Waals surface area contributed by atoms with Gasteiger partial charge in [0.15, 0.2) is 11.6 Å². The van der Waals surface area contributed by atoms with Gasteiger partial charge < -0.3 is 15.0 Å². The number of alkyl halides is 3. The summed E-state index contributed by atoms with van der Waals surface area (Å²) in [6, 6.07) is 5.49. The number of anilines is 1. The number of ketones is 1. The highest BCUT2D eigenvalue weighted by atomic mass is 32.1. The highest BCUT2D eigenvalue weighted by molar-refractivity contribution is 7.21. The predicted molar refractivity (Wildman–Crippen MR) is 148 cm³/mol. The summed E-state index contributed by atoms with van der Waals surface area (Å²) in [5.74, 6) is 0.475. The van der Waals surface area contributed by atoms with E-state index in [1.807, 2.05) is 24.8 Å². The molecule has 5 rings (SSSR count). The number of hydrogen-bond acceptors (Lipinski definition) is 7. The molecule has 1 amide bonds. The zero-order valence-corrected chi connectivity index (χ0v) is 23.8. The van der Waals surface area contributed by atoms with Crippen LogP contribution in [0.4, 0.5) is 19.0 Å². The number of rotatable bonds is 6. The first-order valence-corrected chi connectivity index (χ1v) is 14.3. The van der Waals surface area contributed by atoms with Crippen molar-refractivity contribution in [2.24, 2.45) is 11.3 Å². The zero-order valence-electron chi connectivity index (χ0n) is 23.0. The van der Waals surface area contributed by atoms with Crippen molar-refractivity contribution in [2.45, 2.75) is 59.2 Å². The molecular weight excluding hydrogens is 541 g/mol. The van der Waals surface area contributed by atoms with Gasteiger partial charge in [-0.2, -0.15) is 18.3 Å². The van der Waals surface area contributed by atoms with Gasteiger partial charge in [-0.25, -0.2) is 0 Å². The lowest BCUT2D eigenvalue weighted by molar-refractivity contribution is -0.138. The first-order chi connectivity index (χ1) is 18.9. The lowest BCUT2D eigenvalue weighted by Crippen LogP contribution is -2.47. The minimum absolute atomic E-state index is 0.0251. The molecule has 2 atom stereocenters. The van der Waals surface area contributed by atoms with Crippen LogP contribution in [0.15, 0.2) is 24.3 Å². The molecule has 0 saturated carbocycles. The lowest BCUT2D eigenvalue weighted by Gasteiger charge is -2.38. The molecule has 4 heterocycles. The second-order valence-corrected chi connectivity index (χ2v) is 12.2. The van der Waals surface area contributed by atoms with Crippen LogP contribution in [-0.2, 0) is 15.7 Å². The summed E-state index contributed by atoms with van der Waals surface area (Å²) >= 11 is 1.36. The van der Waals surface area contributed by atoms with Gasteiger partial charge in [0.05, 0.1) is 39.4 Å². The molecule has 1 N–H and O–H groups in total. The van der Waals surface area contributed by atoms with Gasteiger partial charge in [0.25, 0.3) is 0 Å². The van der Waals surface area contributed by atoms with E-state index in [4.69, 9.17) is 4.74 Å². The number of ether oxygens (including phenoxy) is 1. The van der Waals surface area contributed by atoms with E-state index in [1.165, 1.54) is 24.3 Å². The van der Waals surface area contributed by atoms with E-state index in [1.54, 1.807) is 13.0 Å². The van der Waals surface area contributed by atoms with Crippen LogP contribution in [0.2, 0.25) is 0 Å². The molecule has 2 aliphatic heterocycles. The standard InChI is InChI=1S/C29H33F3N4O3S/c1-16-20(6-5-7-22(16)29(30,31)32)17(2)33-26-21-14-23(40-24(21)18(3)34-35-26)25(37)28(4)9-11-36(12-10-28)27(38)19-8-13-39-15-19/h5-7,14,17,19H,8-13,15H2,1-4H3,(H,33,35)/t17-,19?/m1/s1. The van der Waals surface area contributed by atoms with Gasteiger partial charge in [0.2, 0.25) is 5.91 Å². The van der Waals surface area contributed by atoms with Crippen molar-refractivity contribution in [1.82, 2.24) is 15.1 Å². The number of likely N-dealkylation sites (tertiary alicyclic amines) is 1. The Morgan fingerprint density at radius 3 is 2.58 bits per heavy atom. The predicted octanol–water partition coefficient (Wildman–Crippen LogP) is 6.35. The van der Waals surface area contributed by atoms with Gasteiger partial charge in [-0.1, -0.05) is 19.1 Å². The minimum Gasteiger partial charge on any atom is -0.381 e. The molecule has 11 heteroatoms. The summed E-state index contributed by atoms with van der Waals surface area (Å²) in [6.07, 6.45) is -2.54. The highest BCUT2D eigenvalue weighted by Crippen LogP contribution is 2.41. The summed E-state index contributed by atoms with van der Waals surface area (Å²) in [5, 5.41) is 12.5. The quantitative estimate of drug-likeness (QED) is 0.346. The van der Waals surface area contributed by atoms with Crippen molar-refractivity contribution in [3.05, 3.63) is 51.5 Å². The summed E-state index contributed by atoms with van der Waals surface area (Å²) in [7, 11) is 0. The van der Waals surface area contributed by atoms with E-state index in [-0.39, 0.29) is 23.2 Å². The maximum atomic E-state index is 13.8. The Bertz CT molecular complexity index is 1440. The third kappa shape index (κ3) is 5.33. The van der Waals surface area contributed by atoms with E-state index in [2.05, 4.69) is 15.5 Å². The maximum absolute atomic E-state index is 13.8. The molecule has 40 heavy (non-hydrogen) atoms. The molecule has 0 aliphatic carbocycles.